The smallest absolute Gasteiger partial charge is 0.251 e. The van der Waals surface area contributed by atoms with Gasteiger partial charge >= 0.3 is 0 Å². The first-order chi connectivity index (χ1) is 15.4. The van der Waals surface area contributed by atoms with Crippen molar-refractivity contribution in [2.45, 2.75) is 0 Å². The fraction of sp³-hybridized carbons (Fsp3) is 0.130. The maximum Gasteiger partial charge on any atom is 0.251 e. The van der Waals surface area contributed by atoms with Crippen LogP contribution in [0.2, 0.25) is 0 Å². The molecule has 2 amide bonds. The van der Waals surface area contributed by atoms with Gasteiger partial charge in [-0.1, -0.05) is 12.1 Å². The number of carbonyl (C=O) groups excluding carboxylic acids is 3. The second-order valence-corrected chi connectivity index (χ2v) is 6.63. The van der Waals surface area contributed by atoms with Gasteiger partial charge in [-0.25, -0.2) is 4.39 Å². The molecule has 0 bridgehead atoms. The number of rotatable bonds is 8. The van der Waals surface area contributed by atoms with Gasteiger partial charge in [0.25, 0.3) is 11.8 Å². The van der Waals surface area contributed by atoms with Gasteiger partial charge in [-0.2, -0.15) is 0 Å². The number of aromatic hydroxyl groups is 1. The number of methoxy groups -OCH3 is 1. The highest BCUT2D eigenvalue weighted by Gasteiger charge is 2.22. The van der Waals surface area contributed by atoms with Crippen LogP contribution in [0.15, 0.2) is 60.9 Å². The molecule has 1 aromatic heterocycles. The zero-order valence-electron chi connectivity index (χ0n) is 17.1. The van der Waals surface area contributed by atoms with E-state index in [1.807, 2.05) is 0 Å². The van der Waals surface area contributed by atoms with Crippen LogP contribution in [0, 0.1) is 5.82 Å². The molecule has 1 heterocycles. The van der Waals surface area contributed by atoms with Gasteiger partial charge in [-0.15, -0.1) is 0 Å². The van der Waals surface area contributed by atoms with Gasteiger partial charge in [0.05, 0.1) is 7.11 Å². The van der Waals surface area contributed by atoms with E-state index in [2.05, 4.69) is 15.6 Å². The van der Waals surface area contributed by atoms with E-state index in [9.17, 15) is 23.9 Å². The summed E-state index contributed by atoms with van der Waals surface area (Å²) in [5.41, 5.74) is 0.322. The van der Waals surface area contributed by atoms with E-state index in [1.165, 1.54) is 55.9 Å². The molecule has 0 saturated carbocycles. The number of benzene rings is 2. The van der Waals surface area contributed by atoms with Crippen LogP contribution in [0.3, 0.4) is 0 Å². The Bertz CT molecular complexity index is 1130. The van der Waals surface area contributed by atoms with Crippen molar-refractivity contribution >= 4 is 17.6 Å². The highest BCUT2D eigenvalue weighted by Crippen LogP contribution is 2.30. The molecule has 0 atom stereocenters. The molecule has 9 heteroatoms. The van der Waals surface area contributed by atoms with Crippen LogP contribution < -0.4 is 15.4 Å². The van der Waals surface area contributed by atoms with Crippen molar-refractivity contribution in [3.05, 3.63) is 89.0 Å². The largest absolute Gasteiger partial charge is 0.507 e. The molecule has 0 aliphatic rings. The van der Waals surface area contributed by atoms with E-state index in [-0.39, 0.29) is 35.9 Å². The molecule has 8 nitrogen and oxygen atoms in total. The first-order valence-corrected chi connectivity index (χ1v) is 9.59. The molecule has 0 unspecified atom stereocenters. The summed E-state index contributed by atoms with van der Waals surface area (Å²) in [6.45, 7) is 0.414. The highest BCUT2D eigenvalue weighted by atomic mass is 19.1. The first-order valence-electron chi connectivity index (χ1n) is 9.59. The number of halogens is 1. The first kappa shape index (κ1) is 22.4. The molecular weight excluding hydrogens is 417 g/mol. The zero-order valence-corrected chi connectivity index (χ0v) is 17.1. The predicted octanol–water partition coefficient (Wildman–Crippen LogP) is 2.33. The summed E-state index contributed by atoms with van der Waals surface area (Å²) in [5.74, 6) is -3.07. The molecule has 0 fully saturated rings. The van der Waals surface area contributed by atoms with Crippen LogP contribution in [0.4, 0.5) is 4.39 Å². The Labute approximate surface area is 183 Å². The van der Waals surface area contributed by atoms with Crippen LogP contribution in [0.5, 0.6) is 11.5 Å². The zero-order chi connectivity index (χ0) is 23.1. The Morgan fingerprint density at radius 3 is 1.97 bits per heavy atom. The molecule has 0 aliphatic heterocycles. The maximum atomic E-state index is 14.4. The fourth-order valence-corrected chi connectivity index (χ4v) is 2.90. The number of carbonyl (C=O) groups is 3. The minimum atomic E-state index is -0.965. The molecule has 3 N–H and O–H groups in total. The molecule has 3 aromatic rings. The number of hydrogen-bond acceptors (Lipinski definition) is 6. The van der Waals surface area contributed by atoms with Crippen molar-refractivity contribution in [1.82, 2.24) is 15.6 Å². The second-order valence-electron chi connectivity index (χ2n) is 6.63. The number of amides is 2. The van der Waals surface area contributed by atoms with E-state index in [0.717, 1.165) is 0 Å². The normalized spacial score (nSPS) is 10.3. The van der Waals surface area contributed by atoms with Crippen molar-refractivity contribution in [3.8, 4) is 11.5 Å². The molecule has 0 spiro atoms. The van der Waals surface area contributed by atoms with E-state index < -0.39 is 28.8 Å². The molecule has 0 aliphatic carbocycles. The van der Waals surface area contributed by atoms with Crippen molar-refractivity contribution in [1.29, 1.82) is 0 Å². The average Bonchev–Trinajstić information content (AvgIpc) is 2.82. The number of ether oxygens (including phenoxy) is 1. The van der Waals surface area contributed by atoms with Crippen LogP contribution in [-0.4, -0.2) is 47.9 Å². The number of pyridine rings is 1. The lowest BCUT2D eigenvalue weighted by atomic mass is 10.00. The Balaban J connectivity index is 1.58. The minimum Gasteiger partial charge on any atom is -0.507 e. The van der Waals surface area contributed by atoms with Crippen LogP contribution in [0.25, 0.3) is 0 Å². The summed E-state index contributed by atoms with van der Waals surface area (Å²) >= 11 is 0. The monoisotopic (exact) mass is 437 g/mol. The third-order valence-electron chi connectivity index (χ3n) is 4.58. The fourth-order valence-electron chi connectivity index (χ4n) is 2.90. The quantitative estimate of drug-likeness (QED) is 0.368. The average molecular weight is 437 g/mol. The molecule has 0 saturated heterocycles. The van der Waals surface area contributed by atoms with Crippen LogP contribution in [0.1, 0.15) is 36.6 Å². The lowest BCUT2D eigenvalue weighted by Crippen LogP contribution is -2.34. The topological polar surface area (TPSA) is 118 Å². The van der Waals surface area contributed by atoms with Gasteiger partial charge in [0, 0.05) is 42.2 Å². The van der Waals surface area contributed by atoms with Crippen molar-refractivity contribution in [2.24, 2.45) is 0 Å². The summed E-state index contributed by atoms with van der Waals surface area (Å²) in [6, 6.07) is 11.1. The summed E-state index contributed by atoms with van der Waals surface area (Å²) in [6.07, 6.45) is 3.02. The molecule has 32 heavy (non-hydrogen) atoms. The van der Waals surface area contributed by atoms with E-state index >= 15 is 0 Å². The van der Waals surface area contributed by atoms with Gasteiger partial charge in [0.2, 0.25) is 0 Å². The number of phenols is 1. The number of hydrogen-bond donors (Lipinski definition) is 3. The summed E-state index contributed by atoms with van der Waals surface area (Å²) in [4.78, 5) is 40.7. The third kappa shape index (κ3) is 5.07. The van der Waals surface area contributed by atoms with Crippen molar-refractivity contribution in [3.63, 3.8) is 0 Å². The molecule has 0 radical (unpaired) electrons. The summed E-state index contributed by atoms with van der Waals surface area (Å²) in [5, 5.41) is 15.2. The van der Waals surface area contributed by atoms with Gasteiger partial charge in [0.1, 0.15) is 11.3 Å². The molecular formula is C23H20FN3O5. The van der Waals surface area contributed by atoms with Gasteiger partial charge < -0.3 is 20.5 Å². The SMILES string of the molecule is COc1ccc(O)c(C(=O)c2ccc(C(=O)NCCNC(=O)c3ccncc3)cc2)c1F. The Hall–Kier alpha value is -4.27. The van der Waals surface area contributed by atoms with E-state index in [1.54, 1.807) is 12.1 Å². The third-order valence-corrected chi connectivity index (χ3v) is 4.58. The lowest BCUT2D eigenvalue weighted by molar-refractivity contribution is 0.0927. The standard InChI is InChI=1S/C23H20FN3O5/c1-32-18-7-6-17(28)19(20(18)24)21(29)14-2-4-15(5-3-14)22(30)26-12-13-27-23(31)16-8-10-25-11-9-16/h2-11,28H,12-13H2,1H3,(H,26,30)(H,27,31). The summed E-state index contributed by atoms with van der Waals surface area (Å²) in [7, 11) is 1.25. The number of phenolic OH excluding ortho intramolecular Hbond substituents is 1. The van der Waals surface area contributed by atoms with Gasteiger partial charge in [-0.3, -0.25) is 19.4 Å². The van der Waals surface area contributed by atoms with Gasteiger partial charge in [0.15, 0.2) is 17.3 Å². The van der Waals surface area contributed by atoms with Gasteiger partial charge in [-0.05, 0) is 36.4 Å². The number of nitrogens with zero attached hydrogens (tertiary/aromatic N) is 1. The Kier molecular flexibility index (Phi) is 7.12. The van der Waals surface area contributed by atoms with Crippen molar-refractivity contribution < 1.29 is 28.6 Å². The van der Waals surface area contributed by atoms with E-state index in [4.69, 9.17) is 4.74 Å². The Morgan fingerprint density at radius 1 is 0.875 bits per heavy atom. The molecule has 2 aromatic carbocycles. The van der Waals surface area contributed by atoms with Crippen LogP contribution >= 0.6 is 0 Å². The number of ketones is 1. The number of aromatic nitrogens is 1. The summed E-state index contributed by atoms with van der Waals surface area (Å²) < 4.78 is 19.3. The maximum absolute atomic E-state index is 14.4. The predicted molar refractivity (Wildman–Crippen MR) is 113 cm³/mol. The second kappa shape index (κ2) is 10.2. The molecule has 164 valence electrons. The minimum absolute atomic E-state index is 0.0913. The van der Waals surface area contributed by atoms with E-state index in [0.29, 0.717) is 5.56 Å². The molecule has 3 rings (SSSR count). The van der Waals surface area contributed by atoms with Crippen LogP contribution in [-0.2, 0) is 0 Å². The van der Waals surface area contributed by atoms with Crippen molar-refractivity contribution in [2.75, 3.05) is 20.2 Å². The highest BCUT2D eigenvalue weighted by molar-refractivity contribution is 6.11. The number of nitrogens with one attached hydrogen (secondary N) is 2. The lowest BCUT2D eigenvalue weighted by Gasteiger charge is -2.10. The Morgan fingerprint density at radius 2 is 1.41 bits per heavy atom.